The van der Waals surface area contributed by atoms with E-state index in [1.165, 1.54) is 0 Å². The molecule has 2 N–H and O–H groups in total. The predicted molar refractivity (Wildman–Crippen MR) is 106 cm³/mol. The molecule has 0 spiro atoms. The maximum Gasteiger partial charge on any atom is 0.246 e. The summed E-state index contributed by atoms with van der Waals surface area (Å²) in [5, 5.41) is 14.8. The van der Waals surface area contributed by atoms with Gasteiger partial charge in [-0.1, -0.05) is 0 Å². The van der Waals surface area contributed by atoms with E-state index in [-0.39, 0.29) is 11.8 Å². The van der Waals surface area contributed by atoms with Crippen molar-refractivity contribution in [1.29, 1.82) is 5.26 Å². The number of amides is 2. The molecule has 27 heavy (non-hydrogen) atoms. The Kier molecular flexibility index (Phi) is 5.41. The second kappa shape index (κ2) is 7.92. The molecule has 1 aliphatic rings. The number of aryl methyl sites for hydroxylation is 1. The number of anilines is 3. The van der Waals surface area contributed by atoms with E-state index in [4.69, 9.17) is 5.26 Å². The van der Waals surface area contributed by atoms with Gasteiger partial charge in [0.2, 0.25) is 11.8 Å². The Labute approximate surface area is 158 Å². The number of nitriles is 1. The van der Waals surface area contributed by atoms with Gasteiger partial charge >= 0.3 is 0 Å². The summed E-state index contributed by atoms with van der Waals surface area (Å²) in [5.74, 6) is -0.00914. The van der Waals surface area contributed by atoms with Gasteiger partial charge in [-0.25, -0.2) is 0 Å². The molecule has 0 aliphatic carbocycles. The van der Waals surface area contributed by atoms with Crippen molar-refractivity contribution in [2.75, 3.05) is 22.1 Å². The largest absolute Gasteiger partial charge is 0.374 e. The number of hydrogen-bond acceptors (Lipinski definition) is 4. The van der Waals surface area contributed by atoms with Crippen molar-refractivity contribution in [1.82, 2.24) is 0 Å². The minimum atomic E-state index is -0.445. The molecule has 1 saturated heterocycles. The summed E-state index contributed by atoms with van der Waals surface area (Å²) in [6, 6.07) is 14.1. The van der Waals surface area contributed by atoms with Crippen LogP contribution in [0, 0.1) is 18.3 Å². The van der Waals surface area contributed by atoms with Crippen molar-refractivity contribution in [3.8, 4) is 6.07 Å². The van der Waals surface area contributed by atoms with Crippen molar-refractivity contribution < 1.29 is 9.59 Å². The lowest BCUT2D eigenvalue weighted by Crippen LogP contribution is -2.32. The monoisotopic (exact) mass is 362 g/mol. The molecule has 0 radical (unpaired) electrons. The first kappa shape index (κ1) is 18.5. The summed E-state index contributed by atoms with van der Waals surface area (Å²) in [7, 11) is 0. The molecule has 0 bridgehead atoms. The third-order valence-corrected chi connectivity index (χ3v) is 4.62. The zero-order valence-corrected chi connectivity index (χ0v) is 15.5. The second-order valence-corrected chi connectivity index (χ2v) is 6.69. The average Bonchev–Trinajstić information content (AvgIpc) is 3.08. The van der Waals surface area contributed by atoms with Crippen LogP contribution >= 0.6 is 0 Å². The van der Waals surface area contributed by atoms with E-state index in [1.807, 2.05) is 36.1 Å². The molecule has 0 aromatic heterocycles. The minimum absolute atomic E-state index is 0.161. The van der Waals surface area contributed by atoms with E-state index in [1.54, 1.807) is 31.2 Å². The first-order valence-corrected chi connectivity index (χ1v) is 8.96. The lowest BCUT2D eigenvalue weighted by atomic mass is 10.1. The molecular formula is C21H22N4O2. The van der Waals surface area contributed by atoms with Crippen LogP contribution in [0.25, 0.3) is 0 Å². The quantitative estimate of drug-likeness (QED) is 0.853. The van der Waals surface area contributed by atoms with E-state index < -0.39 is 6.04 Å². The fraction of sp³-hybridized carbons (Fsp3) is 0.286. The second-order valence-electron chi connectivity index (χ2n) is 6.69. The van der Waals surface area contributed by atoms with Crippen molar-refractivity contribution in [2.45, 2.75) is 32.7 Å². The van der Waals surface area contributed by atoms with E-state index in [0.717, 1.165) is 29.9 Å². The molecule has 2 aromatic rings. The maximum absolute atomic E-state index is 12.4. The molecule has 0 saturated carbocycles. The van der Waals surface area contributed by atoms with Crippen LogP contribution in [-0.2, 0) is 9.59 Å². The summed E-state index contributed by atoms with van der Waals surface area (Å²) in [5.41, 5.74) is 3.94. The van der Waals surface area contributed by atoms with Crippen LogP contribution in [0.3, 0.4) is 0 Å². The fourth-order valence-electron chi connectivity index (χ4n) is 3.15. The minimum Gasteiger partial charge on any atom is -0.374 e. The van der Waals surface area contributed by atoms with Crippen molar-refractivity contribution >= 4 is 28.9 Å². The van der Waals surface area contributed by atoms with Crippen molar-refractivity contribution in [3.05, 3.63) is 53.6 Å². The molecule has 1 unspecified atom stereocenters. The van der Waals surface area contributed by atoms with Gasteiger partial charge in [0.05, 0.1) is 11.6 Å². The number of benzene rings is 2. The molecule has 2 amide bonds. The van der Waals surface area contributed by atoms with E-state index >= 15 is 0 Å². The predicted octanol–water partition coefficient (Wildman–Crippen LogP) is 3.43. The molecule has 1 fully saturated rings. The summed E-state index contributed by atoms with van der Waals surface area (Å²) in [6.45, 7) is 4.51. The summed E-state index contributed by atoms with van der Waals surface area (Å²) < 4.78 is 0. The molecule has 6 nitrogen and oxygen atoms in total. The Hall–Kier alpha value is -3.33. The van der Waals surface area contributed by atoms with Crippen LogP contribution in [0.4, 0.5) is 17.1 Å². The van der Waals surface area contributed by atoms with E-state index in [0.29, 0.717) is 17.7 Å². The topological polar surface area (TPSA) is 85.2 Å². The highest BCUT2D eigenvalue weighted by Crippen LogP contribution is 2.27. The van der Waals surface area contributed by atoms with Gasteiger partial charge in [0.1, 0.15) is 6.04 Å². The number of carbonyl (C=O) groups excluding carboxylic acids is 2. The van der Waals surface area contributed by atoms with Crippen LogP contribution in [0.2, 0.25) is 0 Å². The Balaban J connectivity index is 1.63. The molecule has 138 valence electrons. The Morgan fingerprint density at radius 2 is 1.89 bits per heavy atom. The first-order chi connectivity index (χ1) is 13.0. The third-order valence-electron chi connectivity index (χ3n) is 4.62. The lowest BCUT2D eigenvalue weighted by Gasteiger charge is -2.20. The lowest BCUT2D eigenvalue weighted by molar-refractivity contribution is -0.117. The van der Waals surface area contributed by atoms with Crippen molar-refractivity contribution in [3.63, 3.8) is 0 Å². The molecule has 2 aromatic carbocycles. The number of hydrogen-bond donors (Lipinski definition) is 2. The van der Waals surface area contributed by atoms with E-state index in [2.05, 4.69) is 10.6 Å². The van der Waals surface area contributed by atoms with E-state index in [9.17, 15) is 9.59 Å². The highest BCUT2D eigenvalue weighted by Gasteiger charge is 2.23. The van der Waals surface area contributed by atoms with Crippen LogP contribution in [0.1, 0.15) is 30.9 Å². The average molecular weight is 362 g/mol. The number of carbonyl (C=O) groups is 2. The zero-order valence-electron chi connectivity index (χ0n) is 15.5. The summed E-state index contributed by atoms with van der Waals surface area (Å²) in [4.78, 5) is 26.1. The Morgan fingerprint density at radius 1 is 1.19 bits per heavy atom. The van der Waals surface area contributed by atoms with Gasteiger partial charge in [0.25, 0.3) is 0 Å². The summed E-state index contributed by atoms with van der Waals surface area (Å²) >= 11 is 0. The fourth-order valence-corrected chi connectivity index (χ4v) is 3.15. The smallest absolute Gasteiger partial charge is 0.246 e. The third kappa shape index (κ3) is 4.26. The molecular weight excluding hydrogens is 340 g/mol. The first-order valence-electron chi connectivity index (χ1n) is 8.96. The van der Waals surface area contributed by atoms with Crippen LogP contribution in [0.15, 0.2) is 42.5 Å². The van der Waals surface area contributed by atoms with Gasteiger partial charge in [-0.15, -0.1) is 0 Å². The van der Waals surface area contributed by atoms with Crippen molar-refractivity contribution in [2.24, 2.45) is 0 Å². The standard InChI is InChI=1S/C21H22N4O2/c1-14-12-18(9-10-19(14)25-11-3-4-20(25)26)23-15(2)21(27)24-17-7-5-16(13-22)6-8-17/h5-10,12,15,23H,3-4,11H2,1-2H3,(H,24,27). The van der Waals surface area contributed by atoms with Crippen LogP contribution in [0.5, 0.6) is 0 Å². The molecule has 1 heterocycles. The summed E-state index contributed by atoms with van der Waals surface area (Å²) in [6.07, 6.45) is 1.50. The normalized spacial score (nSPS) is 14.6. The van der Waals surface area contributed by atoms with Crippen LogP contribution < -0.4 is 15.5 Å². The van der Waals surface area contributed by atoms with Gasteiger partial charge in [0, 0.05) is 30.0 Å². The van der Waals surface area contributed by atoms with Gasteiger partial charge in [-0.2, -0.15) is 5.26 Å². The van der Waals surface area contributed by atoms with Crippen LogP contribution in [-0.4, -0.2) is 24.4 Å². The number of nitrogens with one attached hydrogen (secondary N) is 2. The molecule has 6 heteroatoms. The zero-order chi connectivity index (χ0) is 19.4. The Bertz CT molecular complexity index is 899. The molecule has 1 atom stereocenters. The molecule has 3 rings (SSSR count). The van der Waals surface area contributed by atoms with Gasteiger partial charge < -0.3 is 15.5 Å². The maximum atomic E-state index is 12.4. The van der Waals surface area contributed by atoms with Gasteiger partial charge in [-0.3, -0.25) is 9.59 Å². The SMILES string of the molecule is Cc1cc(NC(C)C(=O)Nc2ccc(C#N)cc2)ccc1N1CCCC1=O. The Morgan fingerprint density at radius 3 is 2.48 bits per heavy atom. The molecule has 1 aliphatic heterocycles. The van der Waals surface area contributed by atoms with Gasteiger partial charge in [0.15, 0.2) is 0 Å². The highest BCUT2D eigenvalue weighted by molar-refractivity contribution is 5.97. The number of nitrogens with zero attached hydrogens (tertiary/aromatic N) is 2. The number of rotatable bonds is 5. The van der Waals surface area contributed by atoms with Gasteiger partial charge in [-0.05, 0) is 68.3 Å². The highest BCUT2D eigenvalue weighted by atomic mass is 16.2.